The molecule has 2 N–H and O–H groups in total. The van der Waals surface area contributed by atoms with Crippen LogP contribution in [0, 0.1) is 5.92 Å². The van der Waals surface area contributed by atoms with E-state index in [-0.39, 0.29) is 5.92 Å². The predicted octanol–water partition coefficient (Wildman–Crippen LogP) is 2.80. The van der Waals surface area contributed by atoms with Gasteiger partial charge >= 0.3 is 0 Å². The van der Waals surface area contributed by atoms with Crippen molar-refractivity contribution in [3.8, 4) is 0 Å². The summed E-state index contributed by atoms with van der Waals surface area (Å²) in [5.74, 6) is -0.267. The molecule has 0 spiro atoms. The molecule has 0 radical (unpaired) electrons. The second-order valence-electron chi connectivity index (χ2n) is 7.24. The number of nitrogens with zero attached hydrogens (tertiary/aromatic N) is 2. The van der Waals surface area contributed by atoms with Gasteiger partial charge in [-0.3, -0.25) is 0 Å². The number of benzene rings is 2. The van der Waals surface area contributed by atoms with Crippen LogP contribution >= 0.6 is 0 Å². The Morgan fingerprint density at radius 2 is 1.52 bits per heavy atom. The predicted molar refractivity (Wildman–Crippen MR) is 98.1 cm³/mol. The zero-order chi connectivity index (χ0) is 17.4. The molecule has 1 saturated heterocycles. The molecule has 1 unspecified atom stereocenters. The largest absolute Gasteiger partial charge is 0.411 e. The maximum absolute atomic E-state index is 12.2. The van der Waals surface area contributed by atoms with Gasteiger partial charge in [0.05, 0.1) is 11.6 Å². The molecule has 2 aromatic carbocycles. The van der Waals surface area contributed by atoms with Gasteiger partial charge in [0.25, 0.3) is 0 Å². The zero-order valence-electron chi connectivity index (χ0n) is 14.5. The summed E-state index contributed by atoms with van der Waals surface area (Å²) < 4.78 is 0. The van der Waals surface area contributed by atoms with Crippen molar-refractivity contribution in [1.82, 2.24) is 4.90 Å². The topological polar surface area (TPSA) is 56.1 Å². The Balaban J connectivity index is 1.98. The van der Waals surface area contributed by atoms with Crippen LogP contribution in [-0.4, -0.2) is 41.1 Å². The molecule has 0 saturated carbocycles. The fraction of sp³-hybridized carbons (Fsp3) is 0.381. The normalized spacial score (nSPS) is 24.4. The van der Waals surface area contributed by atoms with Crippen molar-refractivity contribution in [2.45, 2.75) is 24.9 Å². The molecule has 2 aromatic rings. The second kappa shape index (κ2) is 6.28. The van der Waals surface area contributed by atoms with Crippen LogP contribution in [0.5, 0.6) is 0 Å². The quantitative estimate of drug-likeness (QED) is 0.622. The summed E-state index contributed by atoms with van der Waals surface area (Å²) in [6.07, 6.45) is 2.48. The summed E-state index contributed by atoms with van der Waals surface area (Å²) >= 11 is 0. The van der Waals surface area contributed by atoms with E-state index < -0.39 is 5.60 Å². The summed E-state index contributed by atoms with van der Waals surface area (Å²) in [5.41, 5.74) is 3.74. The van der Waals surface area contributed by atoms with Crippen LogP contribution in [-0.2, 0) is 18.4 Å². The Morgan fingerprint density at radius 3 is 2.08 bits per heavy atom. The maximum Gasteiger partial charge on any atom is 0.124 e. The summed E-state index contributed by atoms with van der Waals surface area (Å²) in [7, 11) is 2.05. The van der Waals surface area contributed by atoms with Crippen LogP contribution in [0.2, 0.25) is 0 Å². The first-order valence-electron chi connectivity index (χ1n) is 8.93. The van der Waals surface area contributed by atoms with Crippen LogP contribution in [0.25, 0.3) is 0 Å². The first kappa shape index (κ1) is 16.3. The van der Waals surface area contributed by atoms with Gasteiger partial charge in [-0.15, -0.1) is 0 Å². The van der Waals surface area contributed by atoms with Gasteiger partial charge in [-0.25, -0.2) is 0 Å². The van der Waals surface area contributed by atoms with Crippen LogP contribution < -0.4 is 0 Å². The van der Waals surface area contributed by atoms with E-state index in [2.05, 4.69) is 29.2 Å². The van der Waals surface area contributed by atoms with Gasteiger partial charge in [-0.1, -0.05) is 53.7 Å². The average molecular weight is 336 g/mol. The number of likely N-dealkylation sites (tertiary alicyclic amines) is 1. The molecule has 1 aliphatic heterocycles. The number of rotatable bonds is 1. The highest BCUT2D eigenvalue weighted by atomic mass is 16.4. The number of hydrogen-bond donors (Lipinski definition) is 2. The molecule has 2 aliphatic rings. The molecule has 1 heterocycles. The third-order valence-corrected chi connectivity index (χ3v) is 5.80. The lowest BCUT2D eigenvalue weighted by molar-refractivity contribution is 0.0237. The summed E-state index contributed by atoms with van der Waals surface area (Å²) in [6.45, 7) is 1.51. The van der Waals surface area contributed by atoms with E-state index in [1.165, 1.54) is 11.1 Å². The minimum atomic E-state index is -1.18. The number of aryl methyl sites for hydroxylation is 2. The van der Waals surface area contributed by atoms with E-state index in [4.69, 9.17) is 0 Å². The summed E-state index contributed by atoms with van der Waals surface area (Å²) in [6, 6.07) is 16.3. The van der Waals surface area contributed by atoms with Crippen molar-refractivity contribution in [2.75, 3.05) is 20.1 Å². The third kappa shape index (κ3) is 2.57. The molecule has 4 heteroatoms. The smallest absolute Gasteiger partial charge is 0.124 e. The van der Waals surface area contributed by atoms with E-state index >= 15 is 0 Å². The fourth-order valence-corrected chi connectivity index (χ4v) is 4.49. The first-order chi connectivity index (χ1) is 12.1. The molecule has 0 aromatic heterocycles. The van der Waals surface area contributed by atoms with Gasteiger partial charge in [0, 0.05) is 19.5 Å². The summed E-state index contributed by atoms with van der Waals surface area (Å²) in [4.78, 5) is 2.20. The van der Waals surface area contributed by atoms with E-state index in [9.17, 15) is 10.3 Å². The van der Waals surface area contributed by atoms with E-state index in [1.54, 1.807) is 0 Å². The van der Waals surface area contributed by atoms with Gasteiger partial charge in [-0.05, 0) is 42.1 Å². The standard InChI is InChI=1S/C21H24N2O2/c1-23-13-12-20(22-25)19(14-23)21(24)17-8-4-2-6-15(17)10-11-16-7-3-5-9-18(16)21/h2-9,19,24-25H,10-14H2,1H3/b22-20+. The van der Waals surface area contributed by atoms with Gasteiger partial charge in [0.2, 0.25) is 0 Å². The van der Waals surface area contributed by atoms with Crippen LogP contribution in [0.3, 0.4) is 0 Å². The molecule has 0 bridgehead atoms. The Kier molecular flexibility index (Phi) is 4.10. The molecular formula is C21H24N2O2. The fourth-order valence-electron chi connectivity index (χ4n) is 4.49. The SMILES string of the molecule is CN1CC/C(=N\O)C(C2(O)c3ccccc3CCc3ccccc32)C1. The number of piperidine rings is 1. The Hall–Kier alpha value is -2.17. The zero-order valence-corrected chi connectivity index (χ0v) is 14.5. The van der Waals surface area contributed by atoms with Crippen molar-refractivity contribution in [3.63, 3.8) is 0 Å². The highest BCUT2D eigenvalue weighted by molar-refractivity contribution is 5.89. The number of fused-ring (bicyclic) bond motifs is 2. The van der Waals surface area contributed by atoms with E-state index in [0.717, 1.165) is 30.5 Å². The Morgan fingerprint density at radius 1 is 0.960 bits per heavy atom. The number of hydrogen-bond acceptors (Lipinski definition) is 4. The number of oxime groups is 1. The molecule has 1 aliphatic carbocycles. The van der Waals surface area contributed by atoms with Crippen molar-refractivity contribution < 1.29 is 10.3 Å². The summed E-state index contributed by atoms with van der Waals surface area (Å²) in [5, 5.41) is 25.4. The monoisotopic (exact) mass is 336 g/mol. The molecule has 0 amide bonds. The van der Waals surface area contributed by atoms with E-state index in [1.807, 2.05) is 36.4 Å². The molecule has 25 heavy (non-hydrogen) atoms. The molecule has 1 fully saturated rings. The maximum atomic E-state index is 12.2. The Labute approximate surface area is 148 Å². The highest BCUT2D eigenvalue weighted by Gasteiger charge is 2.47. The Bertz CT molecular complexity index is 768. The second-order valence-corrected chi connectivity index (χ2v) is 7.24. The van der Waals surface area contributed by atoms with Gasteiger partial charge in [0.15, 0.2) is 0 Å². The van der Waals surface area contributed by atoms with Gasteiger partial charge in [0.1, 0.15) is 5.60 Å². The molecule has 1 atom stereocenters. The van der Waals surface area contributed by atoms with Crippen LogP contribution in [0.15, 0.2) is 53.7 Å². The average Bonchev–Trinajstić information content (AvgIpc) is 2.78. The molecule has 4 nitrogen and oxygen atoms in total. The minimum absolute atomic E-state index is 0.267. The lowest BCUT2D eigenvalue weighted by atomic mass is 9.70. The van der Waals surface area contributed by atoms with Gasteiger partial charge in [-0.2, -0.15) is 0 Å². The molecular weight excluding hydrogens is 312 g/mol. The van der Waals surface area contributed by atoms with Crippen LogP contribution in [0.1, 0.15) is 28.7 Å². The van der Waals surface area contributed by atoms with Crippen molar-refractivity contribution in [2.24, 2.45) is 11.1 Å². The molecule has 130 valence electrons. The molecule has 4 rings (SSSR count). The third-order valence-electron chi connectivity index (χ3n) is 5.80. The highest BCUT2D eigenvalue weighted by Crippen LogP contribution is 2.44. The van der Waals surface area contributed by atoms with Crippen molar-refractivity contribution >= 4 is 5.71 Å². The lowest BCUT2D eigenvalue weighted by Gasteiger charge is -2.43. The van der Waals surface area contributed by atoms with Crippen LogP contribution in [0.4, 0.5) is 0 Å². The number of aliphatic hydroxyl groups is 1. The first-order valence-corrected chi connectivity index (χ1v) is 8.93. The van der Waals surface area contributed by atoms with Crippen molar-refractivity contribution in [1.29, 1.82) is 0 Å². The van der Waals surface area contributed by atoms with Gasteiger partial charge < -0.3 is 15.2 Å². The van der Waals surface area contributed by atoms with E-state index in [0.29, 0.717) is 18.7 Å². The minimum Gasteiger partial charge on any atom is -0.411 e. The van der Waals surface area contributed by atoms with Crippen molar-refractivity contribution in [3.05, 3.63) is 70.8 Å². The lowest BCUT2D eigenvalue weighted by Crippen LogP contribution is -2.51.